The van der Waals surface area contributed by atoms with Crippen LogP contribution in [-0.2, 0) is 6.54 Å². The predicted molar refractivity (Wildman–Crippen MR) is 89.6 cm³/mol. The quantitative estimate of drug-likeness (QED) is 0.933. The first-order valence-corrected chi connectivity index (χ1v) is 8.37. The smallest absolute Gasteiger partial charge is 0.273 e. The minimum absolute atomic E-state index is 0.0123. The first-order valence-electron chi connectivity index (χ1n) is 7.11. The van der Waals surface area contributed by atoms with Crippen LogP contribution in [0.3, 0.4) is 0 Å². The molecule has 1 amide bonds. The second kappa shape index (κ2) is 6.64. The first kappa shape index (κ1) is 15.3. The highest BCUT2D eigenvalue weighted by molar-refractivity contribution is 7.09. The van der Waals surface area contributed by atoms with Gasteiger partial charge >= 0.3 is 0 Å². The van der Waals surface area contributed by atoms with Crippen LogP contribution in [0.4, 0.5) is 5.69 Å². The average molecular weight is 337 g/mol. The van der Waals surface area contributed by atoms with Crippen LogP contribution in [0.15, 0.2) is 29.6 Å². The summed E-state index contributed by atoms with van der Waals surface area (Å²) in [5.41, 5.74) is 7.14. The van der Waals surface area contributed by atoms with Crippen LogP contribution < -0.4 is 10.6 Å². The molecule has 0 radical (unpaired) electrons. The van der Waals surface area contributed by atoms with Crippen LogP contribution in [0, 0.1) is 0 Å². The Morgan fingerprint density at radius 1 is 1.32 bits per heavy atom. The lowest BCUT2D eigenvalue weighted by Crippen LogP contribution is -2.48. The number of carbonyl (C=O) groups is 1. The van der Waals surface area contributed by atoms with Crippen molar-refractivity contribution in [1.29, 1.82) is 0 Å². The number of hydrogen-bond donors (Lipinski definition) is 1. The van der Waals surface area contributed by atoms with Gasteiger partial charge in [-0.2, -0.15) is 0 Å². The Labute approximate surface area is 138 Å². The van der Waals surface area contributed by atoms with Crippen molar-refractivity contribution < 1.29 is 4.79 Å². The highest BCUT2D eigenvalue weighted by Gasteiger charge is 2.23. The van der Waals surface area contributed by atoms with E-state index < -0.39 is 0 Å². The molecule has 116 valence electrons. The molecule has 3 rings (SSSR count). The number of rotatable bonds is 3. The van der Waals surface area contributed by atoms with Gasteiger partial charge in [0.25, 0.3) is 5.91 Å². The monoisotopic (exact) mass is 336 g/mol. The summed E-state index contributed by atoms with van der Waals surface area (Å²) in [7, 11) is 0. The Balaban J connectivity index is 1.62. The normalized spacial score (nSPS) is 15.2. The Bertz CT molecular complexity index is 667. The highest BCUT2D eigenvalue weighted by Crippen LogP contribution is 2.21. The molecule has 2 aromatic rings. The summed E-state index contributed by atoms with van der Waals surface area (Å²) >= 11 is 7.46. The maximum Gasteiger partial charge on any atom is 0.273 e. The van der Waals surface area contributed by atoms with Gasteiger partial charge in [-0.15, -0.1) is 11.3 Å². The van der Waals surface area contributed by atoms with Gasteiger partial charge in [-0.05, 0) is 18.2 Å². The minimum Gasteiger partial charge on any atom is -0.368 e. The number of thiazole rings is 1. The Morgan fingerprint density at radius 2 is 2.09 bits per heavy atom. The molecule has 5 nitrogen and oxygen atoms in total. The highest BCUT2D eigenvalue weighted by atomic mass is 35.5. The first-order chi connectivity index (χ1) is 10.7. The van der Waals surface area contributed by atoms with Crippen molar-refractivity contribution >= 4 is 34.5 Å². The molecule has 1 aliphatic heterocycles. The number of amides is 1. The van der Waals surface area contributed by atoms with E-state index in [4.69, 9.17) is 17.3 Å². The van der Waals surface area contributed by atoms with Gasteiger partial charge in [0, 0.05) is 48.8 Å². The summed E-state index contributed by atoms with van der Waals surface area (Å²) < 4.78 is 0. The molecule has 1 saturated heterocycles. The van der Waals surface area contributed by atoms with Crippen molar-refractivity contribution in [2.45, 2.75) is 6.54 Å². The molecule has 0 atom stereocenters. The number of piperazine rings is 1. The van der Waals surface area contributed by atoms with Crippen LogP contribution >= 0.6 is 22.9 Å². The zero-order chi connectivity index (χ0) is 15.5. The minimum atomic E-state index is -0.0123. The number of nitrogens with two attached hydrogens (primary N) is 1. The van der Waals surface area contributed by atoms with E-state index in [0.717, 1.165) is 28.8 Å². The molecule has 0 unspecified atom stereocenters. The summed E-state index contributed by atoms with van der Waals surface area (Å²) in [6.45, 7) is 3.32. The second-order valence-corrected chi connectivity index (χ2v) is 6.47. The molecular formula is C15H17ClN4OS. The van der Waals surface area contributed by atoms with Crippen LogP contribution in [0.2, 0.25) is 5.02 Å². The summed E-state index contributed by atoms with van der Waals surface area (Å²) in [4.78, 5) is 20.8. The Hall–Kier alpha value is -1.63. The van der Waals surface area contributed by atoms with Gasteiger partial charge in [0.2, 0.25) is 0 Å². The largest absolute Gasteiger partial charge is 0.368 e. The van der Waals surface area contributed by atoms with Crippen molar-refractivity contribution in [3.8, 4) is 0 Å². The molecule has 22 heavy (non-hydrogen) atoms. The number of aromatic nitrogens is 1. The number of carbonyl (C=O) groups excluding carboxylic acids is 1. The van der Waals surface area contributed by atoms with Crippen molar-refractivity contribution in [3.63, 3.8) is 0 Å². The van der Waals surface area contributed by atoms with Gasteiger partial charge in [0.1, 0.15) is 10.7 Å². The molecule has 0 aliphatic carbocycles. The summed E-state index contributed by atoms with van der Waals surface area (Å²) in [5.74, 6) is -0.0123. The Kier molecular flexibility index (Phi) is 4.61. The molecule has 0 bridgehead atoms. The van der Waals surface area contributed by atoms with Crippen molar-refractivity contribution in [1.82, 2.24) is 9.88 Å². The fourth-order valence-corrected chi connectivity index (χ4v) is 3.34. The molecule has 2 N–H and O–H groups in total. The number of nitrogens with zero attached hydrogens (tertiary/aromatic N) is 3. The second-order valence-electron chi connectivity index (χ2n) is 5.09. The zero-order valence-electron chi connectivity index (χ0n) is 12.0. The molecule has 1 fully saturated rings. The number of halogens is 1. The van der Waals surface area contributed by atoms with Gasteiger partial charge in [0.05, 0.1) is 0 Å². The number of hydrogen-bond acceptors (Lipinski definition) is 5. The molecule has 1 aromatic heterocycles. The summed E-state index contributed by atoms with van der Waals surface area (Å²) in [6, 6.07) is 7.80. The maximum atomic E-state index is 12.4. The fourth-order valence-electron chi connectivity index (χ4n) is 2.51. The number of benzene rings is 1. The van der Waals surface area contributed by atoms with E-state index in [1.54, 1.807) is 5.38 Å². The average Bonchev–Trinajstić information content (AvgIpc) is 3.03. The molecule has 1 aromatic carbocycles. The van der Waals surface area contributed by atoms with Gasteiger partial charge in [-0.25, -0.2) is 4.98 Å². The fraction of sp³-hybridized carbons (Fsp3) is 0.333. The SMILES string of the molecule is NCc1nc(C(=O)N2CCN(c3cccc(Cl)c3)CC2)cs1. The van der Waals surface area contributed by atoms with Crippen molar-refractivity contribution in [2.75, 3.05) is 31.1 Å². The van der Waals surface area contributed by atoms with Crippen molar-refractivity contribution in [3.05, 3.63) is 45.4 Å². The third-order valence-corrected chi connectivity index (χ3v) is 4.79. The molecule has 7 heteroatoms. The van der Waals surface area contributed by atoms with E-state index in [-0.39, 0.29) is 5.91 Å². The molecule has 2 heterocycles. The van der Waals surface area contributed by atoms with Gasteiger partial charge in [-0.1, -0.05) is 17.7 Å². The van der Waals surface area contributed by atoms with E-state index in [1.807, 2.05) is 29.2 Å². The summed E-state index contributed by atoms with van der Waals surface area (Å²) in [5, 5.41) is 3.31. The summed E-state index contributed by atoms with van der Waals surface area (Å²) in [6.07, 6.45) is 0. The van der Waals surface area contributed by atoms with E-state index in [2.05, 4.69) is 9.88 Å². The lowest BCUT2D eigenvalue weighted by Gasteiger charge is -2.35. The van der Waals surface area contributed by atoms with E-state index in [0.29, 0.717) is 25.3 Å². The third kappa shape index (κ3) is 3.24. The van der Waals surface area contributed by atoms with Gasteiger partial charge in [0.15, 0.2) is 0 Å². The molecular weight excluding hydrogens is 320 g/mol. The van der Waals surface area contributed by atoms with E-state index in [9.17, 15) is 4.79 Å². The lowest BCUT2D eigenvalue weighted by molar-refractivity contribution is 0.0741. The molecule has 0 spiro atoms. The van der Waals surface area contributed by atoms with Crippen LogP contribution in [-0.4, -0.2) is 42.0 Å². The number of anilines is 1. The van der Waals surface area contributed by atoms with Gasteiger partial charge < -0.3 is 15.5 Å². The standard InChI is InChI=1S/C15H17ClN4OS/c16-11-2-1-3-12(8-11)19-4-6-20(7-5-19)15(21)13-10-22-14(9-17)18-13/h1-3,8,10H,4-7,9,17H2. The van der Waals surface area contributed by atoms with Crippen LogP contribution in [0.1, 0.15) is 15.5 Å². The Morgan fingerprint density at radius 3 is 2.73 bits per heavy atom. The molecule has 1 aliphatic rings. The van der Waals surface area contributed by atoms with Gasteiger partial charge in [-0.3, -0.25) is 4.79 Å². The van der Waals surface area contributed by atoms with Crippen molar-refractivity contribution in [2.24, 2.45) is 5.73 Å². The maximum absolute atomic E-state index is 12.4. The predicted octanol–water partition coefficient (Wildman–Crippen LogP) is 2.22. The third-order valence-electron chi connectivity index (χ3n) is 3.69. The van der Waals surface area contributed by atoms with Crippen LogP contribution in [0.5, 0.6) is 0 Å². The topological polar surface area (TPSA) is 62.5 Å². The van der Waals surface area contributed by atoms with E-state index in [1.165, 1.54) is 11.3 Å². The lowest BCUT2D eigenvalue weighted by atomic mass is 10.2. The van der Waals surface area contributed by atoms with Crippen LogP contribution in [0.25, 0.3) is 0 Å². The van der Waals surface area contributed by atoms with E-state index >= 15 is 0 Å². The zero-order valence-corrected chi connectivity index (χ0v) is 13.6. The molecule has 0 saturated carbocycles.